The highest BCUT2D eigenvalue weighted by atomic mass is 16.5. The average Bonchev–Trinajstić information content (AvgIpc) is 2.68. The van der Waals surface area contributed by atoms with Gasteiger partial charge in [0.1, 0.15) is 17.8 Å². The van der Waals surface area contributed by atoms with Crippen molar-refractivity contribution < 1.29 is 4.74 Å². The molecule has 2 heterocycles. The third kappa shape index (κ3) is 3.37. The van der Waals surface area contributed by atoms with Gasteiger partial charge in [-0.1, -0.05) is 12.1 Å². The molecule has 27 heavy (non-hydrogen) atoms. The number of aromatic nitrogens is 3. The SMILES string of the molecule is Cc1ccc(Oc2ncnc(Nc3cccc4ncccc34)c2N)cc1C. The predicted molar refractivity (Wildman–Crippen MR) is 107 cm³/mol. The fourth-order valence-electron chi connectivity index (χ4n) is 2.79. The van der Waals surface area contributed by atoms with Crippen molar-refractivity contribution in [3.63, 3.8) is 0 Å². The Labute approximate surface area is 157 Å². The largest absolute Gasteiger partial charge is 0.437 e. The minimum atomic E-state index is 0.314. The minimum absolute atomic E-state index is 0.314. The molecule has 3 N–H and O–H groups in total. The average molecular weight is 357 g/mol. The summed E-state index contributed by atoms with van der Waals surface area (Å²) in [6.07, 6.45) is 3.19. The Bertz CT molecular complexity index is 1120. The predicted octanol–water partition coefficient (Wildman–Crippen LogP) is 4.76. The highest BCUT2D eigenvalue weighted by Gasteiger charge is 2.12. The van der Waals surface area contributed by atoms with Gasteiger partial charge in [0.2, 0.25) is 5.88 Å². The van der Waals surface area contributed by atoms with Gasteiger partial charge >= 0.3 is 0 Å². The second-order valence-electron chi connectivity index (χ2n) is 6.29. The molecule has 0 aliphatic heterocycles. The summed E-state index contributed by atoms with van der Waals surface area (Å²) in [6, 6.07) is 15.6. The number of ether oxygens (including phenoxy) is 1. The number of fused-ring (bicyclic) bond motifs is 1. The maximum Gasteiger partial charge on any atom is 0.248 e. The van der Waals surface area contributed by atoms with Crippen LogP contribution in [0.25, 0.3) is 10.9 Å². The van der Waals surface area contributed by atoms with Crippen molar-refractivity contribution >= 4 is 28.1 Å². The molecule has 0 fully saturated rings. The zero-order chi connectivity index (χ0) is 18.8. The summed E-state index contributed by atoms with van der Waals surface area (Å²) < 4.78 is 5.88. The smallest absolute Gasteiger partial charge is 0.248 e. The number of hydrogen-bond acceptors (Lipinski definition) is 6. The summed E-state index contributed by atoms with van der Waals surface area (Å²) in [5, 5.41) is 4.25. The molecule has 0 saturated carbocycles. The molecule has 0 unspecified atom stereocenters. The molecule has 134 valence electrons. The summed E-state index contributed by atoms with van der Waals surface area (Å²) in [5.41, 5.74) is 10.7. The Kier molecular flexibility index (Phi) is 4.30. The van der Waals surface area contributed by atoms with Gasteiger partial charge in [-0.05, 0) is 61.4 Å². The Balaban J connectivity index is 1.66. The number of nitrogens with zero attached hydrogens (tertiary/aromatic N) is 3. The van der Waals surface area contributed by atoms with E-state index >= 15 is 0 Å². The first-order valence-corrected chi connectivity index (χ1v) is 8.58. The number of aryl methyl sites for hydroxylation is 2. The van der Waals surface area contributed by atoms with Gasteiger partial charge in [-0.2, -0.15) is 4.98 Å². The fraction of sp³-hybridized carbons (Fsp3) is 0.0952. The maximum absolute atomic E-state index is 6.26. The summed E-state index contributed by atoms with van der Waals surface area (Å²) in [4.78, 5) is 12.8. The van der Waals surface area contributed by atoms with Crippen LogP contribution in [0.5, 0.6) is 11.6 Å². The lowest BCUT2D eigenvalue weighted by Crippen LogP contribution is -2.03. The van der Waals surface area contributed by atoms with E-state index < -0.39 is 0 Å². The van der Waals surface area contributed by atoms with E-state index in [1.54, 1.807) is 6.20 Å². The lowest BCUT2D eigenvalue weighted by Gasteiger charge is -2.13. The van der Waals surface area contributed by atoms with Crippen LogP contribution in [-0.2, 0) is 0 Å². The second-order valence-corrected chi connectivity index (χ2v) is 6.29. The van der Waals surface area contributed by atoms with Crippen molar-refractivity contribution in [2.45, 2.75) is 13.8 Å². The van der Waals surface area contributed by atoms with Crippen LogP contribution < -0.4 is 15.8 Å². The summed E-state index contributed by atoms with van der Waals surface area (Å²) >= 11 is 0. The van der Waals surface area contributed by atoms with Gasteiger partial charge in [-0.3, -0.25) is 4.98 Å². The Morgan fingerprint density at radius 1 is 0.926 bits per heavy atom. The van der Waals surface area contributed by atoms with Crippen molar-refractivity contribution in [2.75, 3.05) is 11.1 Å². The Morgan fingerprint density at radius 2 is 1.81 bits per heavy atom. The molecule has 2 aromatic carbocycles. The van der Waals surface area contributed by atoms with Gasteiger partial charge in [0.05, 0.1) is 5.52 Å². The van der Waals surface area contributed by atoms with Crippen LogP contribution in [0.2, 0.25) is 0 Å². The van der Waals surface area contributed by atoms with Crippen molar-refractivity contribution in [1.29, 1.82) is 0 Å². The van der Waals surface area contributed by atoms with Gasteiger partial charge in [0.15, 0.2) is 5.82 Å². The molecule has 0 spiro atoms. The molecule has 4 aromatic rings. The third-order valence-corrected chi connectivity index (χ3v) is 4.44. The van der Waals surface area contributed by atoms with Crippen molar-refractivity contribution in [1.82, 2.24) is 15.0 Å². The standard InChI is InChI=1S/C21H19N5O/c1-13-8-9-15(11-14(13)2)27-21-19(22)20(24-12-25-21)26-18-7-3-6-17-16(18)5-4-10-23-17/h3-12H,22H2,1-2H3,(H,24,25,26). The highest BCUT2D eigenvalue weighted by Crippen LogP contribution is 2.33. The van der Waals surface area contributed by atoms with Crippen molar-refractivity contribution in [2.24, 2.45) is 0 Å². The van der Waals surface area contributed by atoms with Crippen LogP contribution in [0.1, 0.15) is 11.1 Å². The number of hydrogen-bond donors (Lipinski definition) is 2. The lowest BCUT2D eigenvalue weighted by atomic mass is 10.1. The van der Waals surface area contributed by atoms with E-state index in [1.807, 2.05) is 55.5 Å². The van der Waals surface area contributed by atoms with Crippen LogP contribution in [-0.4, -0.2) is 15.0 Å². The van der Waals surface area contributed by atoms with E-state index in [9.17, 15) is 0 Å². The molecule has 0 radical (unpaired) electrons. The molecule has 0 bridgehead atoms. The van der Waals surface area contributed by atoms with Crippen LogP contribution >= 0.6 is 0 Å². The van der Waals surface area contributed by atoms with E-state index in [1.165, 1.54) is 11.9 Å². The molecule has 4 rings (SSSR count). The van der Waals surface area contributed by atoms with E-state index in [0.717, 1.165) is 22.2 Å². The van der Waals surface area contributed by atoms with E-state index in [4.69, 9.17) is 10.5 Å². The first kappa shape index (κ1) is 16.8. The molecule has 0 saturated heterocycles. The number of nitrogens with two attached hydrogens (primary N) is 1. The number of anilines is 3. The molecule has 0 amide bonds. The van der Waals surface area contributed by atoms with Crippen molar-refractivity contribution in [3.8, 4) is 11.6 Å². The van der Waals surface area contributed by atoms with E-state index in [0.29, 0.717) is 23.1 Å². The highest BCUT2D eigenvalue weighted by molar-refractivity contribution is 5.93. The normalized spacial score (nSPS) is 10.7. The number of benzene rings is 2. The van der Waals surface area contributed by atoms with Gasteiger partial charge in [0.25, 0.3) is 0 Å². The molecule has 6 nitrogen and oxygen atoms in total. The lowest BCUT2D eigenvalue weighted by molar-refractivity contribution is 0.464. The van der Waals surface area contributed by atoms with Crippen LogP contribution in [0.4, 0.5) is 17.2 Å². The Hall–Kier alpha value is -3.67. The van der Waals surface area contributed by atoms with Gasteiger partial charge in [-0.15, -0.1) is 0 Å². The van der Waals surface area contributed by atoms with Crippen molar-refractivity contribution in [3.05, 3.63) is 72.2 Å². The fourth-order valence-corrected chi connectivity index (χ4v) is 2.79. The number of nitrogens with one attached hydrogen (secondary N) is 1. The number of pyridine rings is 1. The summed E-state index contributed by atoms with van der Waals surface area (Å²) in [7, 11) is 0. The molecular weight excluding hydrogens is 338 g/mol. The zero-order valence-corrected chi connectivity index (χ0v) is 15.1. The molecule has 6 heteroatoms. The topological polar surface area (TPSA) is 86.0 Å². The molecule has 0 atom stereocenters. The Morgan fingerprint density at radius 3 is 2.67 bits per heavy atom. The molecular formula is C21H19N5O. The monoisotopic (exact) mass is 357 g/mol. The quantitative estimate of drug-likeness (QED) is 0.548. The van der Waals surface area contributed by atoms with Crippen LogP contribution in [0.15, 0.2) is 61.1 Å². The first-order chi connectivity index (χ1) is 13.1. The minimum Gasteiger partial charge on any atom is -0.437 e. The molecule has 2 aromatic heterocycles. The number of rotatable bonds is 4. The maximum atomic E-state index is 6.26. The third-order valence-electron chi connectivity index (χ3n) is 4.44. The summed E-state index contributed by atoms with van der Waals surface area (Å²) in [5.74, 6) is 1.48. The van der Waals surface area contributed by atoms with E-state index in [-0.39, 0.29) is 0 Å². The summed E-state index contributed by atoms with van der Waals surface area (Å²) in [6.45, 7) is 4.09. The number of nitrogen functional groups attached to an aromatic ring is 1. The van der Waals surface area contributed by atoms with E-state index in [2.05, 4.69) is 27.2 Å². The molecule has 0 aliphatic carbocycles. The van der Waals surface area contributed by atoms with Crippen LogP contribution in [0, 0.1) is 13.8 Å². The van der Waals surface area contributed by atoms with Gasteiger partial charge in [0, 0.05) is 17.3 Å². The second kappa shape index (κ2) is 6.92. The van der Waals surface area contributed by atoms with Crippen LogP contribution in [0.3, 0.4) is 0 Å². The first-order valence-electron chi connectivity index (χ1n) is 8.58. The van der Waals surface area contributed by atoms with Gasteiger partial charge in [-0.25, -0.2) is 4.98 Å². The van der Waals surface area contributed by atoms with Gasteiger partial charge < -0.3 is 15.8 Å². The molecule has 0 aliphatic rings. The zero-order valence-electron chi connectivity index (χ0n) is 15.1.